The fourth-order valence-electron chi connectivity index (χ4n) is 2.10. The smallest absolute Gasteiger partial charge is 0.0494 e. The predicted octanol–water partition coefficient (Wildman–Crippen LogP) is 5.58. The van der Waals surface area contributed by atoms with Crippen molar-refractivity contribution in [3.8, 4) is 0 Å². The number of thiophene rings is 1. The number of fused-ring (bicyclic) bond motifs is 1. The van der Waals surface area contributed by atoms with E-state index >= 15 is 0 Å². The minimum absolute atomic E-state index is 0.889. The fourth-order valence-corrected chi connectivity index (χ4v) is 3.30. The Morgan fingerprint density at radius 2 is 1.79 bits per heavy atom. The van der Waals surface area contributed by atoms with Crippen LogP contribution in [0.25, 0.3) is 10.8 Å². The quantitative estimate of drug-likeness (QED) is 0.660. The monoisotopic (exact) mass is 331 g/mol. The number of anilines is 1. The SMILES string of the molecule is Cc1ccc(CNc2ccc3cc(Br)ccc3c2)s1. The highest BCUT2D eigenvalue weighted by Gasteiger charge is 1.99. The third-order valence-corrected chi connectivity index (χ3v) is 4.56. The molecule has 0 unspecified atom stereocenters. The molecule has 0 aliphatic carbocycles. The van der Waals surface area contributed by atoms with E-state index in [2.05, 4.69) is 76.7 Å². The van der Waals surface area contributed by atoms with E-state index in [0.29, 0.717) is 0 Å². The van der Waals surface area contributed by atoms with E-state index in [1.807, 2.05) is 11.3 Å². The highest BCUT2D eigenvalue weighted by atomic mass is 79.9. The summed E-state index contributed by atoms with van der Waals surface area (Å²) in [6, 6.07) is 17.2. The number of hydrogen-bond donors (Lipinski definition) is 1. The van der Waals surface area contributed by atoms with Gasteiger partial charge in [-0.15, -0.1) is 11.3 Å². The molecule has 1 nitrogen and oxygen atoms in total. The molecule has 19 heavy (non-hydrogen) atoms. The third kappa shape index (κ3) is 2.99. The van der Waals surface area contributed by atoms with Gasteiger partial charge in [-0.2, -0.15) is 0 Å². The summed E-state index contributed by atoms with van der Waals surface area (Å²) in [5.74, 6) is 0. The van der Waals surface area contributed by atoms with Crippen LogP contribution >= 0.6 is 27.3 Å². The zero-order valence-electron chi connectivity index (χ0n) is 10.6. The molecule has 3 heteroatoms. The Kier molecular flexibility index (Phi) is 3.58. The van der Waals surface area contributed by atoms with E-state index in [0.717, 1.165) is 11.0 Å². The molecule has 96 valence electrons. The van der Waals surface area contributed by atoms with Gasteiger partial charge in [0.25, 0.3) is 0 Å². The molecule has 1 aromatic heterocycles. The first-order valence-corrected chi connectivity index (χ1v) is 7.80. The first-order valence-electron chi connectivity index (χ1n) is 6.19. The average molecular weight is 332 g/mol. The summed E-state index contributed by atoms with van der Waals surface area (Å²) in [7, 11) is 0. The Hall–Kier alpha value is -1.32. The largest absolute Gasteiger partial charge is 0.380 e. The van der Waals surface area contributed by atoms with E-state index in [-0.39, 0.29) is 0 Å². The van der Waals surface area contributed by atoms with Crippen LogP contribution in [0.2, 0.25) is 0 Å². The molecule has 0 atom stereocenters. The highest BCUT2D eigenvalue weighted by molar-refractivity contribution is 9.10. The molecule has 0 aliphatic heterocycles. The summed E-state index contributed by atoms with van der Waals surface area (Å²) in [6.45, 7) is 3.03. The summed E-state index contributed by atoms with van der Waals surface area (Å²) in [5.41, 5.74) is 1.17. The van der Waals surface area contributed by atoms with Crippen molar-refractivity contribution < 1.29 is 0 Å². The van der Waals surface area contributed by atoms with Gasteiger partial charge < -0.3 is 5.32 Å². The maximum absolute atomic E-state index is 3.50. The van der Waals surface area contributed by atoms with Gasteiger partial charge in [0.2, 0.25) is 0 Å². The van der Waals surface area contributed by atoms with Gasteiger partial charge in [0.1, 0.15) is 0 Å². The average Bonchev–Trinajstić information content (AvgIpc) is 2.82. The maximum Gasteiger partial charge on any atom is 0.0494 e. The van der Waals surface area contributed by atoms with Crippen molar-refractivity contribution in [2.75, 3.05) is 5.32 Å². The molecule has 0 amide bonds. The normalized spacial score (nSPS) is 10.8. The molecule has 0 bridgehead atoms. The van der Waals surface area contributed by atoms with E-state index in [9.17, 15) is 0 Å². The molecule has 0 aliphatic rings. The number of benzene rings is 2. The van der Waals surface area contributed by atoms with Crippen molar-refractivity contribution in [1.29, 1.82) is 0 Å². The van der Waals surface area contributed by atoms with Gasteiger partial charge in [-0.25, -0.2) is 0 Å². The third-order valence-electron chi connectivity index (χ3n) is 3.07. The summed E-state index contributed by atoms with van der Waals surface area (Å²) >= 11 is 5.34. The van der Waals surface area contributed by atoms with Crippen LogP contribution in [-0.4, -0.2) is 0 Å². The molecule has 2 aromatic carbocycles. The number of aryl methyl sites for hydroxylation is 1. The second-order valence-electron chi connectivity index (χ2n) is 4.57. The van der Waals surface area contributed by atoms with Crippen LogP contribution in [0.15, 0.2) is 53.0 Å². The van der Waals surface area contributed by atoms with Crippen molar-refractivity contribution in [3.05, 3.63) is 62.8 Å². The molecular formula is C16H14BrNS. The Labute approximate surface area is 125 Å². The van der Waals surface area contributed by atoms with Gasteiger partial charge in [0.15, 0.2) is 0 Å². The summed E-state index contributed by atoms with van der Waals surface area (Å²) in [4.78, 5) is 2.73. The van der Waals surface area contributed by atoms with E-state index < -0.39 is 0 Å². The van der Waals surface area contributed by atoms with Gasteiger partial charge in [0, 0.05) is 26.5 Å². The Morgan fingerprint density at radius 3 is 2.58 bits per heavy atom. The van der Waals surface area contributed by atoms with Crippen LogP contribution in [0.5, 0.6) is 0 Å². The molecular weight excluding hydrogens is 318 g/mol. The minimum atomic E-state index is 0.889. The predicted molar refractivity (Wildman–Crippen MR) is 88.0 cm³/mol. The topological polar surface area (TPSA) is 12.0 Å². The standard InChI is InChI=1S/C16H14BrNS/c1-11-2-7-16(19-11)10-18-15-6-4-12-8-14(17)5-3-13(12)9-15/h2-9,18H,10H2,1H3. The molecule has 0 saturated carbocycles. The fraction of sp³-hybridized carbons (Fsp3) is 0.125. The van der Waals surface area contributed by atoms with Gasteiger partial charge in [0.05, 0.1) is 0 Å². The van der Waals surface area contributed by atoms with Crippen molar-refractivity contribution in [2.45, 2.75) is 13.5 Å². The number of rotatable bonds is 3. The van der Waals surface area contributed by atoms with Crippen LogP contribution in [0.3, 0.4) is 0 Å². The molecule has 1 heterocycles. The van der Waals surface area contributed by atoms with Crippen LogP contribution in [0.1, 0.15) is 9.75 Å². The summed E-state index contributed by atoms with van der Waals surface area (Å²) < 4.78 is 1.12. The maximum atomic E-state index is 3.50. The van der Waals surface area contributed by atoms with E-state index in [1.165, 1.54) is 26.2 Å². The first kappa shape index (κ1) is 12.7. The van der Waals surface area contributed by atoms with Crippen molar-refractivity contribution in [3.63, 3.8) is 0 Å². The first-order chi connectivity index (χ1) is 9.20. The summed E-state index contributed by atoms with van der Waals surface area (Å²) in [6.07, 6.45) is 0. The zero-order chi connectivity index (χ0) is 13.2. The van der Waals surface area contributed by atoms with Gasteiger partial charge >= 0.3 is 0 Å². The molecule has 0 saturated heterocycles. The number of nitrogens with one attached hydrogen (secondary N) is 1. The zero-order valence-corrected chi connectivity index (χ0v) is 13.0. The van der Waals surface area contributed by atoms with Crippen LogP contribution < -0.4 is 5.32 Å². The van der Waals surface area contributed by atoms with E-state index in [1.54, 1.807) is 0 Å². The molecule has 1 N–H and O–H groups in total. The van der Waals surface area contributed by atoms with Gasteiger partial charge in [-0.05, 0) is 54.1 Å². The number of halogens is 1. The van der Waals surface area contributed by atoms with Crippen LogP contribution in [0.4, 0.5) is 5.69 Å². The second-order valence-corrected chi connectivity index (χ2v) is 6.86. The van der Waals surface area contributed by atoms with Crippen molar-refractivity contribution in [2.24, 2.45) is 0 Å². The molecule has 0 spiro atoms. The lowest BCUT2D eigenvalue weighted by Crippen LogP contribution is -1.96. The highest BCUT2D eigenvalue weighted by Crippen LogP contribution is 2.24. The van der Waals surface area contributed by atoms with Crippen molar-refractivity contribution in [1.82, 2.24) is 0 Å². The second kappa shape index (κ2) is 5.35. The molecule has 0 fully saturated rings. The van der Waals surface area contributed by atoms with Gasteiger partial charge in [-0.3, -0.25) is 0 Å². The Bertz CT molecular complexity index is 718. The molecule has 0 radical (unpaired) electrons. The lowest BCUT2D eigenvalue weighted by Gasteiger charge is -2.06. The van der Waals surface area contributed by atoms with Gasteiger partial charge in [-0.1, -0.05) is 28.1 Å². The molecule has 3 rings (SSSR count). The van der Waals surface area contributed by atoms with Crippen LogP contribution in [-0.2, 0) is 6.54 Å². The Morgan fingerprint density at radius 1 is 1.00 bits per heavy atom. The molecule has 3 aromatic rings. The lowest BCUT2D eigenvalue weighted by atomic mass is 10.1. The minimum Gasteiger partial charge on any atom is -0.380 e. The number of hydrogen-bond acceptors (Lipinski definition) is 2. The Balaban J connectivity index is 1.79. The van der Waals surface area contributed by atoms with Crippen molar-refractivity contribution >= 4 is 43.7 Å². The van der Waals surface area contributed by atoms with E-state index in [4.69, 9.17) is 0 Å². The van der Waals surface area contributed by atoms with Crippen LogP contribution in [0, 0.1) is 6.92 Å². The summed E-state index contributed by atoms with van der Waals surface area (Å²) in [5, 5.41) is 6.00. The lowest BCUT2D eigenvalue weighted by molar-refractivity contribution is 1.20.